The summed E-state index contributed by atoms with van der Waals surface area (Å²) in [5, 5.41) is 0. The molecule has 3 N–H and O–H groups in total. The summed E-state index contributed by atoms with van der Waals surface area (Å²) in [6, 6.07) is 9.14. The van der Waals surface area contributed by atoms with Crippen molar-refractivity contribution >= 4 is 38.5 Å². The Balaban J connectivity index is 1.43. The normalized spacial score (nSPS) is 13.8. The Labute approximate surface area is 237 Å². The van der Waals surface area contributed by atoms with Crippen LogP contribution in [0.2, 0.25) is 0 Å². The highest BCUT2D eigenvalue weighted by Gasteiger charge is 2.24. The molecule has 0 amide bonds. The van der Waals surface area contributed by atoms with Crippen LogP contribution in [0.4, 0.5) is 30.6 Å². The lowest BCUT2D eigenvalue weighted by molar-refractivity contribution is 0.122. The fourth-order valence-corrected chi connectivity index (χ4v) is 5.57. The predicted molar refractivity (Wildman–Crippen MR) is 148 cm³/mol. The van der Waals surface area contributed by atoms with Crippen molar-refractivity contribution in [2.24, 2.45) is 0 Å². The van der Waals surface area contributed by atoms with Crippen molar-refractivity contribution in [3.63, 3.8) is 0 Å². The molecule has 1 aliphatic rings. The highest BCUT2D eigenvalue weighted by atomic mass is 32.2. The first kappa shape index (κ1) is 27.3. The lowest BCUT2D eigenvalue weighted by atomic mass is 10.1. The van der Waals surface area contributed by atoms with Gasteiger partial charge in [0.1, 0.15) is 22.0 Å². The van der Waals surface area contributed by atoms with Gasteiger partial charge in [-0.05, 0) is 42.5 Å². The van der Waals surface area contributed by atoms with Crippen LogP contribution in [0.1, 0.15) is 0 Å². The van der Waals surface area contributed by atoms with Crippen LogP contribution in [-0.2, 0) is 14.8 Å². The van der Waals surface area contributed by atoms with Crippen molar-refractivity contribution < 1.29 is 26.3 Å². The molecular weight excluding hydrogens is 573 g/mol. The summed E-state index contributed by atoms with van der Waals surface area (Å²) in [5.74, 6) is -2.18. The Hall–Kier alpha value is -4.89. The minimum atomic E-state index is -4.66. The SMILES string of the molecule is Nc1ncc(-c2nc(N3CCOCC3)c3nc(-c4cccc(NS(=O)(=O)c5cc(F)ccc5F)c4F)ccc3n2)cn1. The standard InChI is InChI=1S/C27H21F3N8O3S/c28-16-4-5-18(29)22(12-16)42(39,40)37-20-3-1-2-17(23(20)30)19-6-7-21-24(34-19)26(38-8-10-41-11-9-38)36-25(35-21)15-13-32-27(31)33-14-15/h1-7,12-14,37H,8-11H2,(H2,31,32,33). The maximum Gasteiger partial charge on any atom is 0.265 e. The summed E-state index contributed by atoms with van der Waals surface area (Å²) in [6.07, 6.45) is 3.01. The number of nitrogens with one attached hydrogen (secondary N) is 1. The molecule has 1 aliphatic heterocycles. The molecule has 42 heavy (non-hydrogen) atoms. The van der Waals surface area contributed by atoms with Gasteiger partial charge in [-0.1, -0.05) is 6.07 Å². The maximum atomic E-state index is 15.7. The summed E-state index contributed by atoms with van der Waals surface area (Å²) in [5.41, 5.74) is 6.64. The van der Waals surface area contributed by atoms with Crippen LogP contribution in [0.15, 0.2) is 65.8 Å². The number of halogens is 3. The van der Waals surface area contributed by atoms with E-state index in [1.165, 1.54) is 30.6 Å². The van der Waals surface area contributed by atoms with Crippen molar-refractivity contribution in [1.82, 2.24) is 24.9 Å². The molecule has 214 valence electrons. The minimum Gasteiger partial charge on any atom is -0.378 e. The summed E-state index contributed by atoms with van der Waals surface area (Å²) >= 11 is 0. The maximum absolute atomic E-state index is 15.7. The van der Waals surface area contributed by atoms with Gasteiger partial charge in [0.2, 0.25) is 5.95 Å². The Kier molecular flexibility index (Phi) is 7.04. The first-order chi connectivity index (χ1) is 20.2. The van der Waals surface area contributed by atoms with E-state index < -0.39 is 38.1 Å². The average molecular weight is 595 g/mol. The lowest BCUT2D eigenvalue weighted by Gasteiger charge is -2.28. The summed E-state index contributed by atoms with van der Waals surface area (Å²) < 4.78 is 76.6. The summed E-state index contributed by atoms with van der Waals surface area (Å²) in [6.45, 7) is 1.98. The van der Waals surface area contributed by atoms with Gasteiger partial charge in [0, 0.05) is 31.0 Å². The van der Waals surface area contributed by atoms with Gasteiger partial charge < -0.3 is 15.4 Å². The van der Waals surface area contributed by atoms with Gasteiger partial charge in [-0.15, -0.1) is 0 Å². The minimum absolute atomic E-state index is 0.0410. The fraction of sp³-hybridized carbons (Fsp3) is 0.148. The second-order valence-electron chi connectivity index (χ2n) is 9.21. The van der Waals surface area contributed by atoms with Gasteiger partial charge in [-0.2, -0.15) is 0 Å². The quantitative estimate of drug-likeness (QED) is 0.297. The number of hydrogen-bond donors (Lipinski definition) is 2. The number of pyridine rings is 1. The molecule has 4 heterocycles. The van der Waals surface area contributed by atoms with Crippen LogP contribution in [0, 0.1) is 17.5 Å². The molecule has 0 saturated carbocycles. The van der Waals surface area contributed by atoms with Crippen LogP contribution >= 0.6 is 0 Å². The largest absolute Gasteiger partial charge is 0.378 e. The molecule has 3 aromatic heterocycles. The number of aromatic nitrogens is 5. The van der Waals surface area contributed by atoms with Gasteiger partial charge in [0.05, 0.1) is 35.7 Å². The molecule has 1 saturated heterocycles. The molecule has 1 fully saturated rings. The number of hydrogen-bond acceptors (Lipinski definition) is 10. The smallest absolute Gasteiger partial charge is 0.265 e. The number of fused-ring (bicyclic) bond motifs is 1. The number of sulfonamides is 1. The van der Waals surface area contributed by atoms with E-state index in [1.54, 1.807) is 6.07 Å². The number of morpholine rings is 1. The van der Waals surface area contributed by atoms with E-state index in [-0.39, 0.29) is 17.2 Å². The third-order valence-electron chi connectivity index (χ3n) is 6.47. The van der Waals surface area contributed by atoms with Crippen molar-refractivity contribution in [3.8, 4) is 22.6 Å². The lowest BCUT2D eigenvalue weighted by Crippen LogP contribution is -2.37. The number of rotatable bonds is 6. The Bertz CT molecular complexity index is 1920. The van der Waals surface area contributed by atoms with E-state index in [0.717, 1.165) is 12.1 Å². The van der Waals surface area contributed by atoms with Gasteiger partial charge >= 0.3 is 0 Å². The molecule has 0 spiro atoms. The number of benzene rings is 2. The van der Waals surface area contributed by atoms with E-state index in [2.05, 4.69) is 19.9 Å². The zero-order valence-electron chi connectivity index (χ0n) is 21.6. The fourth-order valence-electron chi connectivity index (χ4n) is 4.42. The Morgan fingerprint density at radius 3 is 2.45 bits per heavy atom. The highest BCUT2D eigenvalue weighted by molar-refractivity contribution is 7.92. The molecule has 0 unspecified atom stereocenters. The van der Waals surface area contributed by atoms with Crippen molar-refractivity contribution in [3.05, 3.63) is 78.4 Å². The third kappa shape index (κ3) is 5.26. The van der Waals surface area contributed by atoms with Crippen LogP contribution in [0.25, 0.3) is 33.7 Å². The average Bonchev–Trinajstić information content (AvgIpc) is 2.99. The first-order valence-corrected chi connectivity index (χ1v) is 14.0. The molecule has 0 aliphatic carbocycles. The van der Waals surface area contributed by atoms with E-state index in [9.17, 15) is 17.2 Å². The molecule has 2 aromatic carbocycles. The van der Waals surface area contributed by atoms with Crippen LogP contribution < -0.4 is 15.4 Å². The van der Waals surface area contributed by atoms with Crippen LogP contribution in [0.3, 0.4) is 0 Å². The number of nitrogens with two attached hydrogens (primary N) is 1. The molecule has 0 atom stereocenters. The van der Waals surface area contributed by atoms with Gasteiger partial charge in [-0.3, -0.25) is 4.72 Å². The van der Waals surface area contributed by atoms with Gasteiger partial charge in [-0.25, -0.2) is 46.5 Å². The van der Waals surface area contributed by atoms with Crippen molar-refractivity contribution in [2.45, 2.75) is 4.90 Å². The van der Waals surface area contributed by atoms with Crippen LogP contribution in [0.5, 0.6) is 0 Å². The van der Waals surface area contributed by atoms with Gasteiger partial charge in [0.15, 0.2) is 17.5 Å². The monoisotopic (exact) mass is 594 g/mol. The molecule has 6 rings (SSSR count). The van der Waals surface area contributed by atoms with Crippen molar-refractivity contribution in [2.75, 3.05) is 41.7 Å². The number of anilines is 3. The molecule has 15 heteroatoms. The Morgan fingerprint density at radius 1 is 0.929 bits per heavy atom. The van der Waals surface area contributed by atoms with E-state index in [0.29, 0.717) is 66.7 Å². The van der Waals surface area contributed by atoms with Crippen molar-refractivity contribution in [1.29, 1.82) is 0 Å². The highest BCUT2D eigenvalue weighted by Crippen LogP contribution is 2.32. The predicted octanol–water partition coefficient (Wildman–Crippen LogP) is 3.79. The molecule has 5 aromatic rings. The topological polar surface area (TPSA) is 149 Å². The molecule has 0 bridgehead atoms. The first-order valence-electron chi connectivity index (χ1n) is 12.6. The number of nitrogens with zero attached hydrogens (tertiary/aromatic N) is 6. The summed E-state index contributed by atoms with van der Waals surface area (Å²) in [4.78, 5) is 23.0. The van der Waals surface area contributed by atoms with E-state index >= 15 is 4.39 Å². The molecular formula is C27H21F3N8O3S. The second kappa shape index (κ2) is 10.8. The number of nitrogen functional groups attached to an aromatic ring is 1. The van der Waals surface area contributed by atoms with Gasteiger partial charge in [0.25, 0.3) is 10.0 Å². The zero-order valence-corrected chi connectivity index (χ0v) is 22.4. The van der Waals surface area contributed by atoms with E-state index in [4.69, 9.17) is 15.5 Å². The third-order valence-corrected chi connectivity index (χ3v) is 7.85. The number of ether oxygens (including phenoxy) is 1. The van der Waals surface area contributed by atoms with Crippen LogP contribution in [-0.4, -0.2) is 59.6 Å². The summed E-state index contributed by atoms with van der Waals surface area (Å²) in [7, 11) is -4.66. The second-order valence-corrected chi connectivity index (χ2v) is 10.9. The molecule has 11 nitrogen and oxygen atoms in total. The zero-order chi connectivity index (χ0) is 29.4. The molecule has 0 radical (unpaired) electrons. The van der Waals surface area contributed by atoms with E-state index in [1.807, 2.05) is 9.62 Å². The Morgan fingerprint density at radius 2 is 1.69 bits per heavy atom.